The van der Waals surface area contributed by atoms with E-state index in [9.17, 15) is 4.79 Å². The van der Waals surface area contributed by atoms with Crippen LogP contribution in [0, 0.1) is 11.8 Å². The number of halogens is 1. The minimum atomic E-state index is 0.172. The Hall–Kier alpha value is -1.53. The Kier molecular flexibility index (Phi) is 5.69. The predicted molar refractivity (Wildman–Crippen MR) is 102 cm³/mol. The van der Waals surface area contributed by atoms with E-state index in [4.69, 9.17) is 11.6 Å². The van der Waals surface area contributed by atoms with Crippen molar-refractivity contribution in [1.82, 2.24) is 19.7 Å². The fourth-order valence-electron chi connectivity index (χ4n) is 3.40. The predicted octanol–water partition coefficient (Wildman–Crippen LogP) is 3.73. The summed E-state index contributed by atoms with van der Waals surface area (Å²) in [5.74, 6) is 2.40. The van der Waals surface area contributed by atoms with Gasteiger partial charge in [0.2, 0.25) is 5.91 Å². The van der Waals surface area contributed by atoms with Gasteiger partial charge in [-0.1, -0.05) is 49.3 Å². The van der Waals surface area contributed by atoms with Crippen molar-refractivity contribution < 1.29 is 4.79 Å². The van der Waals surface area contributed by atoms with Crippen LogP contribution in [0.5, 0.6) is 0 Å². The Morgan fingerprint density at radius 1 is 1.24 bits per heavy atom. The summed E-state index contributed by atoms with van der Waals surface area (Å²) in [6, 6.07) is 7.56. The molecule has 1 aliphatic heterocycles. The average molecular weight is 379 g/mol. The molecule has 0 radical (unpaired) electrons. The topological polar surface area (TPSA) is 51.0 Å². The van der Waals surface area contributed by atoms with Gasteiger partial charge in [-0.05, 0) is 30.4 Å². The zero-order valence-corrected chi connectivity index (χ0v) is 16.3. The highest BCUT2D eigenvalue weighted by Crippen LogP contribution is 2.28. The lowest BCUT2D eigenvalue weighted by Crippen LogP contribution is -2.43. The van der Waals surface area contributed by atoms with Gasteiger partial charge in [0.05, 0.1) is 10.8 Å². The van der Waals surface area contributed by atoms with Crippen LogP contribution in [0.1, 0.15) is 20.3 Å². The maximum atomic E-state index is 12.5. The van der Waals surface area contributed by atoms with Crippen molar-refractivity contribution in [3.63, 3.8) is 0 Å². The largest absolute Gasteiger partial charge is 0.341 e. The number of nitrogens with zero attached hydrogens (tertiary/aromatic N) is 4. The summed E-state index contributed by atoms with van der Waals surface area (Å²) in [6.07, 6.45) is 1.20. The summed E-state index contributed by atoms with van der Waals surface area (Å²) in [5, 5.41) is 9.84. The van der Waals surface area contributed by atoms with Crippen molar-refractivity contribution in [1.29, 1.82) is 0 Å². The smallest absolute Gasteiger partial charge is 0.233 e. The summed E-state index contributed by atoms with van der Waals surface area (Å²) >= 11 is 7.68. The zero-order valence-electron chi connectivity index (χ0n) is 14.8. The van der Waals surface area contributed by atoms with Crippen molar-refractivity contribution in [2.24, 2.45) is 18.9 Å². The van der Waals surface area contributed by atoms with Crippen molar-refractivity contribution >= 4 is 29.3 Å². The van der Waals surface area contributed by atoms with Crippen LogP contribution in [0.15, 0.2) is 29.4 Å². The maximum Gasteiger partial charge on any atom is 0.233 e. The van der Waals surface area contributed by atoms with Crippen LogP contribution in [-0.4, -0.2) is 44.4 Å². The van der Waals surface area contributed by atoms with Crippen LogP contribution in [0.2, 0.25) is 5.02 Å². The monoisotopic (exact) mass is 378 g/mol. The number of piperidine rings is 1. The third kappa shape index (κ3) is 4.18. The molecule has 2 heterocycles. The van der Waals surface area contributed by atoms with Crippen molar-refractivity contribution in [3.05, 3.63) is 29.3 Å². The van der Waals surface area contributed by atoms with Crippen molar-refractivity contribution in [2.45, 2.75) is 25.4 Å². The molecule has 1 aromatic heterocycles. The first-order valence-corrected chi connectivity index (χ1v) is 9.87. The SMILES string of the molecule is C[C@@H]1C[C@@H](C)CN(C(=O)CSc2nnc(-c3ccccc3Cl)n2C)C1. The minimum Gasteiger partial charge on any atom is -0.341 e. The van der Waals surface area contributed by atoms with Gasteiger partial charge in [0.1, 0.15) is 0 Å². The van der Waals surface area contributed by atoms with Crippen molar-refractivity contribution in [3.8, 4) is 11.4 Å². The fourth-order valence-corrected chi connectivity index (χ4v) is 4.44. The highest BCUT2D eigenvalue weighted by atomic mass is 35.5. The Morgan fingerprint density at radius 2 is 1.92 bits per heavy atom. The number of thioether (sulfide) groups is 1. The van der Waals surface area contributed by atoms with E-state index >= 15 is 0 Å². The van der Waals surface area contributed by atoms with Gasteiger partial charge in [-0.2, -0.15) is 0 Å². The minimum absolute atomic E-state index is 0.172. The quantitative estimate of drug-likeness (QED) is 0.760. The van der Waals surface area contributed by atoms with Gasteiger partial charge >= 0.3 is 0 Å². The van der Waals surface area contributed by atoms with Crippen LogP contribution >= 0.6 is 23.4 Å². The van der Waals surface area contributed by atoms with Gasteiger partial charge in [-0.25, -0.2) is 0 Å². The summed E-state index contributed by atoms with van der Waals surface area (Å²) in [5.41, 5.74) is 0.844. The number of likely N-dealkylation sites (tertiary alicyclic amines) is 1. The third-order valence-electron chi connectivity index (χ3n) is 4.50. The first-order valence-electron chi connectivity index (χ1n) is 8.50. The number of amides is 1. The maximum absolute atomic E-state index is 12.5. The van der Waals surface area contributed by atoms with Gasteiger partial charge in [0, 0.05) is 25.7 Å². The normalized spacial score (nSPS) is 20.7. The standard InChI is InChI=1S/C18H23ClN4OS/c1-12-8-13(2)10-23(9-12)16(24)11-25-18-21-20-17(22(18)3)14-6-4-5-7-15(14)19/h4-7,12-13H,8-11H2,1-3H3/t12-,13-/m1/s1. The Morgan fingerprint density at radius 3 is 2.60 bits per heavy atom. The first-order chi connectivity index (χ1) is 12.0. The molecule has 5 nitrogen and oxygen atoms in total. The molecule has 0 unspecified atom stereocenters. The molecule has 1 aliphatic rings. The van der Waals surface area contributed by atoms with E-state index in [1.807, 2.05) is 40.8 Å². The second-order valence-corrected chi connectivity index (χ2v) is 8.23. The molecule has 1 aromatic carbocycles. The summed E-state index contributed by atoms with van der Waals surface area (Å²) in [7, 11) is 1.90. The van der Waals surface area contributed by atoms with E-state index in [1.165, 1.54) is 18.2 Å². The van der Waals surface area contributed by atoms with Gasteiger partial charge in [0.15, 0.2) is 11.0 Å². The Bertz CT molecular complexity index is 753. The molecular formula is C18H23ClN4OS. The fraction of sp³-hybridized carbons (Fsp3) is 0.500. The number of hydrogen-bond acceptors (Lipinski definition) is 4. The lowest BCUT2D eigenvalue weighted by atomic mass is 9.92. The van der Waals surface area contributed by atoms with Crippen LogP contribution in [-0.2, 0) is 11.8 Å². The van der Waals surface area contributed by atoms with Gasteiger partial charge in [0.25, 0.3) is 0 Å². The second-order valence-electron chi connectivity index (χ2n) is 6.88. The van der Waals surface area contributed by atoms with E-state index in [2.05, 4.69) is 24.0 Å². The van der Waals surface area contributed by atoms with Gasteiger partial charge in [-0.15, -0.1) is 10.2 Å². The van der Waals surface area contributed by atoms with E-state index in [0.717, 1.165) is 23.8 Å². The summed E-state index contributed by atoms with van der Waals surface area (Å²) < 4.78 is 1.89. The van der Waals surface area contributed by atoms with Crippen LogP contribution in [0.3, 0.4) is 0 Å². The molecule has 7 heteroatoms. The molecule has 1 fully saturated rings. The molecule has 1 amide bonds. The lowest BCUT2D eigenvalue weighted by Gasteiger charge is -2.34. The van der Waals surface area contributed by atoms with Gasteiger partial charge in [-0.3, -0.25) is 4.79 Å². The number of benzene rings is 1. The van der Waals surface area contributed by atoms with E-state index < -0.39 is 0 Å². The molecular weight excluding hydrogens is 356 g/mol. The molecule has 0 spiro atoms. The van der Waals surface area contributed by atoms with E-state index in [1.54, 1.807) is 0 Å². The zero-order chi connectivity index (χ0) is 18.0. The van der Waals surface area contributed by atoms with Crippen LogP contribution in [0.25, 0.3) is 11.4 Å². The molecule has 0 bridgehead atoms. The highest BCUT2D eigenvalue weighted by molar-refractivity contribution is 7.99. The number of carbonyl (C=O) groups excluding carboxylic acids is 1. The first kappa shape index (κ1) is 18.3. The number of aromatic nitrogens is 3. The number of hydrogen-bond donors (Lipinski definition) is 0. The number of carbonyl (C=O) groups is 1. The van der Waals surface area contributed by atoms with E-state index in [0.29, 0.717) is 28.4 Å². The molecule has 0 saturated carbocycles. The lowest BCUT2D eigenvalue weighted by molar-refractivity contribution is -0.130. The summed E-state index contributed by atoms with van der Waals surface area (Å²) in [6.45, 7) is 6.13. The third-order valence-corrected chi connectivity index (χ3v) is 5.83. The molecule has 134 valence electrons. The average Bonchev–Trinajstić information content (AvgIpc) is 2.93. The summed E-state index contributed by atoms with van der Waals surface area (Å²) in [4.78, 5) is 14.5. The Labute approximate surface area is 157 Å². The number of rotatable bonds is 4. The van der Waals surface area contributed by atoms with Crippen LogP contribution in [0.4, 0.5) is 0 Å². The van der Waals surface area contributed by atoms with Gasteiger partial charge < -0.3 is 9.47 Å². The highest BCUT2D eigenvalue weighted by Gasteiger charge is 2.25. The molecule has 1 saturated heterocycles. The van der Waals surface area contributed by atoms with Crippen molar-refractivity contribution in [2.75, 3.05) is 18.8 Å². The Balaban J connectivity index is 1.66. The van der Waals surface area contributed by atoms with Crippen LogP contribution < -0.4 is 0 Å². The molecule has 0 aliphatic carbocycles. The molecule has 2 aromatic rings. The second kappa shape index (κ2) is 7.79. The molecule has 25 heavy (non-hydrogen) atoms. The molecule has 0 N–H and O–H groups in total. The van der Waals surface area contributed by atoms with E-state index in [-0.39, 0.29) is 5.91 Å². The molecule has 3 rings (SSSR count). The molecule has 2 atom stereocenters.